The Morgan fingerprint density at radius 3 is 2.92 bits per heavy atom. The maximum atomic E-state index is 5.63. The van der Waals surface area contributed by atoms with Crippen molar-refractivity contribution in [2.24, 2.45) is 5.73 Å². The average molecular weight is 176 g/mol. The van der Waals surface area contributed by atoms with E-state index in [9.17, 15) is 0 Å². The van der Waals surface area contributed by atoms with Crippen molar-refractivity contribution in [2.75, 3.05) is 7.11 Å². The van der Waals surface area contributed by atoms with Gasteiger partial charge in [0.2, 0.25) is 0 Å². The second-order valence-electron chi connectivity index (χ2n) is 2.88. The highest BCUT2D eigenvalue weighted by Crippen LogP contribution is 2.18. The first-order chi connectivity index (χ1) is 6.36. The third kappa shape index (κ3) is 1.17. The zero-order valence-corrected chi connectivity index (χ0v) is 7.53. The molecule has 1 aromatic heterocycles. The lowest BCUT2D eigenvalue weighted by Crippen LogP contribution is -2.06. The molecule has 0 aliphatic heterocycles. The van der Waals surface area contributed by atoms with Gasteiger partial charge in [0.15, 0.2) is 0 Å². The smallest absolute Gasteiger partial charge is 0.104 e. The Balaban J connectivity index is 2.76. The fraction of sp³-hybridized carbons (Fsp3) is 0.200. The summed E-state index contributed by atoms with van der Waals surface area (Å²) < 4.78 is 1.73. The van der Waals surface area contributed by atoms with Crippen LogP contribution in [-0.2, 0) is 6.54 Å². The van der Waals surface area contributed by atoms with E-state index in [-0.39, 0.29) is 0 Å². The van der Waals surface area contributed by atoms with Gasteiger partial charge in [-0.2, -0.15) is 4.73 Å². The molecule has 13 heavy (non-hydrogen) atoms. The summed E-state index contributed by atoms with van der Waals surface area (Å²) in [6, 6.07) is 8.07. The van der Waals surface area contributed by atoms with Crippen molar-refractivity contribution in [3.05, 3.63) is 36.0 Å². The monoisotopic (exact) mass is 176 g/mol. The summed E-state index contributed by atoms with van der Waals surface area (Å²) in [6.45, 7) is 0.532. The van der Waals surface area contributed by atoms with E-state index in [1.807, 2.05) is 30.5 Å². The highest BCUT2D eigenvalue weighted by atomic mass is 16.6. The van der Waals surface area contributed by atoms with Gasteiger partial charge in [0.1, 0.15) is 7.11 Å². The number of benzene rings is 1. The van der Waals surface area contributed by atoms with E-state index in [0.717, 1.165) is 16.5 Å². The van der Waals surface area contributed by atoms with Crippen molar-refractivity contribution in [1.82, 2.24) is 4.73 Å². The summed E-state index contributed by atoms with van der Waals surface area (Å²) in [5, 5.41) is 1.16. The topological polar surface area (TPSA) is 40.2 Å². The van der Waals surface area contributed by atoms with Gasteiger partial charge in [-0.3, -0.25) is 0 Å². The van der Waals surface area contributed by atoms with Crippen molar-refractivity contribution in [3.63, 3.8) is 0 Å². The number of para-hydroxylation sites is 1. The third-order valence-electron chi connectivity index (χ3n) is 2.18. The first-order valence-corrected chi connectivity index (χ1v) is 4.20. The Bertz CT molecular complexity index is 420. The molecule has 0 aliphatic rings. The van der Waals surface area contributed by atoms with Crippen LogP contribution in [0.5, 0.6) is 0 Å². The van der Waals surface area contributed by atoms with Gasteiger partial charge >= 0.3 is 0 Å². The lowest BCUT2D eigenvalue weighted by atomic mass is 10.1. The van der Waals surface area contributed by atoms with Gasteiger partial charge in [-0.25, -0.2) is 0 Å². The van der Waals surface area contributed by atoms with E-state index < -0.39 is 0 Å². The Kier molecular flexibility index (Phi) is 1.94. The summed E-state index contributed by atoms with van der Waals surface area (Å²) in [5.74, 6) is 0. The molecule has 0 amide bonds. The number of aromatic nitrogens is 1. The second-order valence-corrected chi connectivity index (χ2v) is 2.88. The van der Waals surface area contributed by atoms with Crippen molar-refractivity contribution in [2.45, 2.75) is 6.54 Å². The summed E-state index contributed by atoms with van der Waals surface area (Å²) in [5.41, 5.74) is 7.79. The van der Waals surface area contributed by atoms with Crippen molar-refractivity contribution < 1.29 is 4.84 Å². The predicted molar refractivity (Wildman–Crippen MR) is 52.3 cm³/mol. The van der Waals surface area contributed by atoms with Crippen LogP contribution in [0.4, 0.5) is 0 Å². The SMILES string of the molecule is COn1ccc2cccc(CN)c21. The predicted octanol–water partition coefficient (Wildman–Crippen LogP) is 1.16. The quantitative estimate of drug-likeness (QED) is 0.745. The molecule has 0 unspecified atom stereocenters. The summed E-state index contributed by atoms with van der Waals surface area (Å²) in [6.07, 6.45) is 1.89. The van der Waals surface area contributed by atoms with Crippen LogP contribution < -0.4 is 10.6 Å². The van der Waals surface area contributed by atoms with E-state index in [1.54, 1.807) is 11.8 Å². The van der Waals surface area contributed by atoms with Gasteiger partial charge in [0, 0.05) is 18.1 Å². The molecule has 0 saturated carbocycles. The van der Waals surface area contributed by atoms with Gasteiger partial charge in [-0.1, -0.05) is 18.2 Å². The van der Waals surface area contributed by atoms with Crippen LogP contribution in [0, 0.1) is 0 Å². The number of hydrogen-bond donors (Lipinski definition) is 1. The van der Waals surface area contributed by atoms with Crippen LogP contribution in [0.3, 0.4) is 0 Å². The summed E-state index contributed by atoms with van der Waals surface area (Å²) in [7, 11) is 1.65. The van der Waals surface area contributed by atoms with Crippen LogP contribution >= 0.6 is 0 Å². The maximum absolute atomic E-state index is 5.63. The van der Waals surface area contributed by atoms with E-state index in [4.69, 9.17) is 10.6 Å². The molecule has 0 radical (unpaired) electrons. The first kappa shape index (κ1) is 8.13. The van der Waals surface area contributed by atoms with Gasteiger partial charge < -0.3 is 10.6 Å². The molecule has 68 valence electrons. The van der Waals surface area contributed by atoms with E-state index >= 15 is 0 Å². The minimum absolute atomic E-state index is 0.532. The van der Waals surface area contributed by atoms with Gasteiger partial charge in [-0.05, 0) is 11.6 Å². The molecule has 3 nitrogen and oxygen atoms in total. The van der Waals surface area contributed by atoms with Gasteiger partial charge in [0.25, 0.3) is 0 Å². The number of rotatable bonds is 2. The number of nitrogens with two attached hydrogens (primary N) is 1. The molecule has 0 aliphatic carbocycles. The zero-order valence-electron chi connectivity index (χ0n) is 7.53. The Morgan fingerprint density at radius 1 is 1.38 bits per heavy atom. The standard InChI is InChI=1S/C10H12N2O/c1-13-12-6-5-8-3-2-4-9(7-11)10(8)12/h2-6H,7,11H2,1H3. The Labute approximate surface area is 76.7 Å². The fourth-order valence-corrected chi connectivity index (χ4v) is 1.55. The molecule has 3 heteroatoms. The molecule has 0 spiro atoms. The molecule has 1 heterocycles. The average Bonchev–Trinajstić information content (AvgIpc) is 2.60. The van der Waals surface area contributed by atoms with Crippen LogP contribution in [0.25, 0.3) is 10.9 Å². The molecule has 2 aromatic rings. The minimum atomic E-state index is 0.532. The Hall–Kier alpha value is -1.48. The molecule has 0 atom stereocenters. The molecular formula is C10H12N2O. The number of nitrogens with zero attached hydrogens (tertiary/aromatic N) is 1. The van der Waals surface area contributed by atoms with Crippen LogP contribution in [0.15, 0.2) is 30.5 Å². The first-order valence-electron chi connectivity index (χ1n) is 4.20. The lowest BCUT2D eigenvalue weighted by Gasteiger charge is -2.05. The van der Waals surface area contributed by atoms with Crippen LogP contribution in [0.1, 0.15) is 5.56 Å². The highest BCUT2D eigenvalue weighted by Gasteiger charge is 2.04. The Morgan fingerprint density at radius 2 is 2.23 bits per heavy atom. The van der Waals surface area contributed by atoms with Crippen molar-refractivity contribution >= 4 is 10.9 Å². The molecule has 0 fully saturated rings. The van der Waals surface area contributed by atoms with Crippen LogP contribution in [-0.4, -0.2) is 11.8 Å². The van der Waals surface area contributed by atoms with Gasteiger partial charge in [0.05, 0.1) is 5.52 Å². The molecular weight excluding hydrogens is 164 g/mol. The van der Waals surface area contributed by atoms with Crippen molar-refractivity contribution in [1.29, 1.82) is 0 Å². The largest absolute Gasteiger partial charge is 0.417 e. The number of fused-ring (bicyclic) bond motifs is 1. The molecule has 0 bridgehead atoms. The number of hydrogen-bond acceptors (Lipinski definition) is 2. The third-order valence-corrected chi connectivity index (χ3v) is 2.18. The molecule has 1 aromatic carbocycles. The maximum Gasteiger partial charge on any atom is 0.104 e. The van der Waals surface area contributed by atoms with Crippen molar-refractivity contribution in [3.8, 4) is 0 Å². The normalized spacial score (nSPS) is 10.6. The molecule has 0 saturated heterocycles. The second kappa shape index (κ2) is 3.11. The molecule has 2 rings (SSSR count). The van der Waals surface area contributed by atoms with E-state index in [2.05, 4.69) is 0 Å². The lowest BCUT2D eigenvalue weighted by molar-refractivity contribution is 0.179. The van der Waals surface area contributed by atoms with E-state index in [0.29, 0.717) is 6.54 Å². The summed E-state index contributed by atoms with van der Waals surface area (Å²) in [4.78, 5) is 5.17. The van der Waals surface area contributed by atoms with E-state index in [1.165, 1.54) is 0 Å². The summed E-state index contributed by atoms with van der Waals surface area (Å²) >= 11 is 0. The minimum Gasteiger partial charge on any atom is -0.417 e. The van der Waals surface area contributed by atoms with Crippen LogP contribution in [0.2, 0.25) is 0 Å². The molecule has 2 N–H and O–H groups in total. The highest BCUT2D eigenvalue weighted by molar-refractivity contribution is 5.83. The zero-order chi connectivity index (χ0) is 9.26. The fourth-order valence-electron chi connectivity index (χ4n) is 1.55. The van der Waals surface area contributed by atoms with Gasteiger partial charge in [-0.15, -0.1) is 0 Å².